The zero-order chi connectivity index (χ0) is 76.4. The summed E-state index contributed by atoms with van der Waals surface area (Å²) in [7, 11) is 0. The Morgan fingerprint density at radius 1 is 0.316 bits per heavy atom. The highest BCUT2D eigenvalue weighted by Crippen LogP contribution is 2.55. The molecule has 4 nitrogen and oxygen atoms in total. The summed E-state index contributed by atoms with van der Waals surface area (Å²) in [6, 6.07) is 98.8. The average Bonchev–Trinajstić information content (AvgIpc) is 1.48. The molecule has 4 aliphatic rings. The molecule has 4 aliphatic heterocycles. The van der Waals surface area contributed by atoms with Crippen LogP contribution in [0.5, 0.6) is 0 Å². The zero-order valence-electron chi connectivity index (χ0n) is 65.6. The van der Waals surface area contributed by atoms with Gasteiger partial charge in [-0.2, -0.15) is 0 Å². The second-order valence-electron chi connectivity index (χ2n) is 36.8. The predicted molar refractivity (Wildman–Crippen MR) is 503 cm³/mol. The van der Waals surface area contributed by atoms with Gasteiger partial charge in [-0.3, -0.25) is 0 Å². The van der Waals surface area contributed by atoms with Crippen LogP contribution in [-0.2, 0) is 34.6 Å². The third-order valence-electron chi connectivity index (χ3n) is 26.5. The number of anilines is 3. The largest absolute Gasteiger partial charge is 0.402 e. The van der Waals surface area contributed by atoms with Crippen molar-refractivity contribution in [2.45, 2.75) is 111 Å². The topological polar surface area (TPSA) is 16.3 Å². The minimum atomic E-state index is -0.346. The highest BCUT2D eigenvalue weighted by atomic mass is 32.1. The van der Waals surface area contributed by atoms with E-state index < -0.39 is 0 Å². The molecule has 25 rings (SSSR count). The first-order chi connectivity index (χ1) is 55.1. The summed E-state index contributed by atoms with van der Waals surface area (Å²) >= 11 is 9.80. The van der Waals surface area contributed by atoms with Crippen molar-refractivity contribution < 1.29 is 0 Å². The molecule has 0 N–H and O–H groups in total. The maximum absolute atomic E-state index is 2.82. The number of fused-ring (bicyclic) bond motifs is 30. The molecule has 11 heteroatoms. The fraction of sp³-hybridized carbons (Fsp3) is 0.165. The number of aromatic nitrogens is 2. The maximum atomic E-state index is 2.82. The molecule has 0 fully saturated rings. The summed E-state index contributed by atoms with van der Waals surface area (Å²) in [6.45, 7) is 26.8. The smallest absolute Gasteiger partial charge is 0.343 e. The highest BCUT2D eigenvalue weighted by Gasteiger charge is 2.49. The molecule has 14 aromatic carbocycles. The summed E-state index contributed by atoms with van der Waals surface area (Å²) in [6.07, 6.45) is 0.810. The lowest BCUT2D eigenvalue weighted by molar-refractivity contribution is 0.524. The van der Waals surface area contributed by atoms with E-state index in [9.17, 15) is 0 Å². The standard InChI is InChI=1S/C103H78B2N4S5/c1-100(2,3)59-30-28-55(29-31-59)54-106-79-44-57-21-13-12-20-56(57)42-69(79)75-43-58(91-76-49-74-66-24-16-19-27-85(66)111-89(74)51-81(76)108-95-77-45-61(101(4,5)6)34-40-86(77)113-98(95)104(106)93(75)97(91)108)53-103(10,11)60-32-36-63(37-33-60)109-82-52-90-72(64-22-14-18-26-84(64)112-90)47-70(82)67-38-39-68-71-48-73-65-23-15-17-25-83(65)110-88(73)50-80(71)107-94(68)92(67)105(109)99-96(107)78-46-62(102(7,8)9)35-41-87(78)114-99/h12-52H,53-54H2,1-11H3. The molecule has 0 unspecified atom stereocenters. The number of benzene rings is 14. The van der Waals surface area contributed by atoms with Gasteiger partial charge < -0.3 is 18.8 Å². The van der Waals surface area contributed by atoms with Crippen LogP contribution in [0.25, 0.3) is 169 Å². The van der Waals surface area contributed by atoms with Gasteiger partial charge in [-0.1, -0.05) is 222 Å². The molecule has 7 aromatic heterocycles. The van der Waals surface area contributed by atoms with Gasteiger partial charge in [-0.15, -0.1) is 56.7 Å². The molecule has 0 amide bonds. The van der Waals surface area contributed by atoms with Gasteiger partial charge in [0.15, 0.2) is 0 Å². The van der Waals surface area contributed by atoms with E-state index in [0.717, 1.165) is 13.0 Å². The van der Waals surface area contributed by atoms with Gasteiger partial charge >= 0.3 is 13.7 Å². The lowest BCUT2D eigenvalue weighted by Gasteiger charge is -2.42. The molecular formula is C103H78B2N4S5. The van der Waals surface area contributed by atoms with Crippen LogP contribution in [-0.4, -0.2) is 22.8 Å². The number of hydrogen-bond acceptors (Lipinski definition) is 7. The van der Waals surface area contributed by atoms with Crippen LogP contribution in [0.2, 0.25) is 0 Å². The molecule has 0 saturated carbocycles. The second-order valence-corrected chi connectivity index (χ2v) is 42.3. The van der Waals surface area contributed by atoms with Gasteiger partial charge in [0.05, 0.1) is 33.4 Å². The van der Waals surface area contributed by atoms with E-state index >= 15 is 0 Å². The van der Waals surface area contributed by atoms with Crippen LogP contribution < -0.4 is 30.1 Å². The van der Waals surface area contributed by atoms with Crippen molar-refractivity contribution in [2.24, 2.45) is 0 Å². The van der Waals surface area contributed by atoms with Crippen LogP contribution in [0.1, 0.15) is 110 Å². The van der Waals surface area contributed by atoms with E-state index in [4.69, 9.17) is 0 Å². The van der Waals surface area contributed by atoms with Gasteiger partial charge in [0.2, 0.25) is 0 Å². The monoisotopic (exact) mass is 1550 g/mol. The molecule has 0 bridgehead atoms. The quantitative estimate of drug-likeness (QED) is 0.154. The number of thiophene rings is 5. The van der Waals surface area contributed by atoms with Gasteiger partial charge in [0, 0.05) is 147 Å². The van der Waals surface area contributed by atoms with Crippen molar-refractivity contribution in [3.8, 4) is 33.6 Å². The fourth-order valence-corrected chi connectivity index (χ4v) is 26.8. The Morgan fingerprint density at radius 3 is 1.41 bits per heavy atom. The Balaban J connectivity index is 0.718. The SMILES string of the molecule is CC(C)(C)c1ccc(CN2B3c4sc5ccc(C(C)(C)C)cc5c4-n4c5cc6sc7ccccc7c6cc5c5c(CC(C)(C)c6ccc(N7B8c9sc%10ccc(C(C)(C)C)cc%10c9-n9c%10cc%11sc%12ccccc%12c%11cc%10c%10ccc(c8c%109)-c8cc9c(cc87)sc7ccccc79)cc6)cc(c3c54)-c3cc4ccccc4cc32)cc1. The van der Waals surface area contributed by atoms with E-state index in [1.165, 1.54) is 240 Å². The van der Waals surface area contributed by atoms with Crippen molar-refractivity contribution in [2.75, 3.05) is 9.62 Å². The van der Waals surface area contributed by atoms with E-state index in [-0.39, 0.29) is 35.4 Å². The van der Waals surface area contributed by atoms with Crippen LogP contribution in [0, 0.1) is 0 Å². The Kier molecular flexibility index (Phi) is 13.4. The maximum Gasteiger partial charge on any atom is 0.343 e. The summed E-state index contributed by atoms with van der Waals surface area (Å²) in [5.41, 5.74) is 27.5. The third-order valence-corrected chi connectivity index (χ3v) is 32.4. The first kappa shape index (κ1) is 66.7. The summed E-state index contributed by atoms with van der Waals surface area (Å²) in [5, 5.41) is 18.5. The minimum absolute atomic E-state index is 0.0397. The Hall–Kier alpha value is -10.8. The second kappa shape index (κ2) is 22.8. The molecular weight excluding hydrogens is 1480 g/mol. The number of nitrogens with zero attached hydrogens (tertiary/aromatic N) is 4. The van der Waals surface area contributed by atoms with Crippen LogP contribution in [0.4, 0.5) is 17.1 Å². The van der Waals surface area contributed by atoms with Crippen molar-refractivity contribution >= 4 is 243 Å². The van der Waals surface area contributed by atoms with Crippen LogP contribution in [0.3, 0.4) is 0 Å². The van der Waals surface area contributed by atoms with Gasteiger partial charge in [-0.05, 0) is 197 Å². The van der Waals surface area contributed by atoms with Crippen molar-refractivity contribution in [3.05, 3.63) is 282 Å². The number of hydrogen-bond donors (Lipinski definition) is 0. The summed E-state index contributed by atoms with van der Waals surface area (Å²) < 4.78 is 19.0. The van der Waals surface area contributed by atoms with E-state index in [2.05, 4.69) is 344 Å². The summed E-state index contributed by atoms with van der Waals surface area (Å²) in [5.74, 6) is 0. The lowest BCUT2D eigenvalue weighted by atomic mass is 9.47. The molecule has 11 heterocycles. The lowest BCUT2D eigenvalue weighted by Crippen LogP contribution is -2.61. The Morgan fingerprint density at radius 2 is 0.807 bits per heavy atom. The van der Waals surface area contributed by atoms with Crippen molar-refractivity contribution in [1.29, 1.82) is 0 Å². The molecule has 0 aliphatic carbocycles. The Bertz CT molecular complexity index is 7920. The molecule has 114 heavy (non-hydrogen) atoms. The minimum Gasteiger partial charge on any atom is -0.402 e. The van der Waals surface area contributed by atoms with Gasteiger partial charge in [-0.25, -0.2) is 0 Å². The van der Waals surface area contributed by atoms with E-state index in [0.29, 0.717) is 0 Å². The molecule has 0 radical (unpaired) electrons. The fourth-order valence-electron chi connectivity index (χ4n) is 20.8. The first-order valence-corrected chi connectivity index (χ1v) is 44.5. The van der Waals surface area contributed by atoms with Gasteiger partial charge in [0.25, 0.3) is 0 Å². The molecule has 0 saturated heterocycles. The first-order valence-electron chi connectivity index (χ1n) is 40.4. The third kappa shape index (κ3) is 9.16. The molecule has 0 atom stereocenters. The highest BCUT2D eigenvalue weighted by molar-refractivity contribution is 7.33. The zero-order valence-corrected chi connectivity index (χ0v) is 69.7. The molecule has 21 aromatic rings. The van der Waals surface area contributed by atoms with Crippen LogP contribution >= 0.6 is 56.7 Å². The van der Waals surface area contributed by atoms with Crippen molar-refractivity contribution in [3.63, 3.8) is 0 Å². The normalized spacial score (nSPS) is 14.1. The van der Waals surface area contributed by atoms with Crippen LogP contribution in [0.15, 0.2) is 249 Å². The molecule has 0 spiro atoms. The van der Waals surface area contributed by atoms with Gasteiger partial charge in [0.1, 0.15) is 0 Å². The number of rotatable bonds is 6. The van der Waals surface area contributed by atoms with Crippen molar-refractivity contribution in [1.82, 2.24) is 9.13 Å². The molecule has 546 valence electrons. The summed E-state index contributed by atoms with van der Waals surface area (Å²) in [4.78, 5) is 5.61. The predicted octanol–water partition coefficient (Wildman–Crippen LogP) is 27.3. The Labute approximate surface area is 682 Å². The average molecular weight is 1550 g/mol. The van der Waals surface area contributed by atoms with E-state index in [1.54, 1.807) is 0 Å². The van der Waals surface area contributed by atoms with E-state index in [1.807, 2.05) is 56.7 Å².